The summed E-state index contributed by atoms with van der Waals surface area (Å²) in [6, 6.07) is -4.17. The Labute approximate surface area is 184 Å². The molecule has 0 aromatic rings. The van der Waals surface area contributed by atoms with Gasteiger partial charge in [0.25, 0.3) is 0 Å². The second kappa shape index (κ2) is 11.4. The van der Waals surface area contributed by atoms with Crippen molar-refractivity contribution in [3.8, 4) is 0 Å². The molecule has 13 nitrogen and oxygen atoms in total. The highest BCUT2D eigenvalue weighted by Gasteiger charge is 2.39. The summed E-state index contributed by atoms with van der Waals surface area (Å²) in [4.78, 5) is 73.0. The molecule has 2 saturated heterocycles. The molecule has 2 fully saturated rings. The number of carboxylic acids is 2. The molecule has 4 unspecified atom stereocenters. The predicted molar refractivity (Wildman–Crippen MR) is 108 cm³/mol. The number of likely N-dealkylation sites (tertiary alicyclic amines) is 1. The van der Waals surface area contributed by atoms with E-state index in [2.05, 4.69) is 16.0 Å². The van der Waals surface area contributed by atoms with Gasteiger partial charge in [0.15, 0.2) is 0 Å². The number of aliphatic carboxylic acids is 2. The first-order valence-electron chi connectivity index (χ1n) is 10.5. The fraction of sp³-hybridized carbons (Fsp3) is 0.684. The Morgan fingerprint density at radius 2 is 1.69 bits per heavy atom. The summed E-state index contributed by atoms with van der Waals surface area (Å²) in [7, 11) is 0. The first kappa shape index (κ1) is 25.0. The molecule has 2 aliphatic heterocycles. The minimum atomic E-state index is -1.43. The van der Waals surface area contributed by atoms with Crippen LogP contribution in [0.15, 0.2) is 0 Å². The minimum Gasteiger partial charge on any atom is -0.481 e. The summed E-state index contributed by atoms with van der Waals surface area (Å²) in [6.07, 6.45) is 0.887. The highest BCUT2D eigenvalue weighted by molar-refractivity contribution is 5.96. The van der Waals surface area contributed by atoms with Crippen molar-refractivity contribution >= 4 is 35.6 Å². The molecule has 4 atom stereocenters. The minimum absolute atomic E-state index is 0.177. The van der Waals surface area contributed by atoms with Crippen molar-refractivity contribution < 1.29 is 39.0 Å². The topological polar surface area (TPSA) is 208 Å². The van der Waals surface area contributed by atoms with Gasteiger partial charge in [0, 0.05) is 13.0 Å². The molecule has 178 valence electrons. The van der Waals surface area contributed by atoms with Gasteiger partial charge in [0.2, 0.25) is 23.6 Å². The third-order valence-electron chi connectivity index (χ3n) is 5.50. The van der Waals surface area contributed by atoms with Crippen LogP contribution in [-0.2, 0) is 28.8 Å². The van der Waals surface area contributed by atoms with Crippen LogP contribution in [-0.4, -0.2) is 87.9 Å². The van der Waals surface area contributed by atoms with E-state index in [1.807, 2.05) is 0 Å². The Bertz CT molecular complexity index is 767. The smallest absolute Gasteiger partial charge is 0.326 e. The van der Waals surface area contributed by atoms with Crippen LogP contribution >= 0.6 is 0 Å². The summed E-state index contributed by atoms with van der Waals surface area (Å²) >= 11 is 0. The molecule has 2 heterocycles. The largest absolute Gasteiger partial charge is 0.481 e. The number of nitrogens with two attached hydrogens (primary N) is 1. The second-order valence-electron chi connectivity index (χ2n) is 7.90. The number of carbonyl (C=O) groups excluding carboxylic acids is 4. The van der Waals surface area contributed by atoms with Crippen molar-refractivity contribution in [1.82, 2.24) is 20.9 Å². The van der Waals surface area contributed by atoms with Crippen molar-refractivity contribution in [3.63, 3.8) is 0 Å². The van der Waals surface area contributed by atoms with E-state index in [4.69, 9.17) is 10.8 Å². The van der Waals surface area contributed by atoms with Gasteiger partial charge in [-0.15, -0.1) is 0 Å². The Morgan fingerprint density at radius 3 is 2.25 bits per heavy atom. The van der Waals surface area contributed by atoms with Crippen LogP contribution in [0.4, 0.5) is 0 Å². The van der Waals surface area contributed by atoms with Gasteiger partial charge in [0.05, 0.1) is 12.5 Å². The summed E-state index contributed by atoms with van der Waals surface area (Å²) < 4.78 is 0. The fourth-order valence-corrected chi connectivity index (χ4v) is 3.88. The molecule has 0 saturated carbocycles. The van der Waals surface area contributed by atoms with Gasteiger partial charge in [-0.25, -0.2) is 4.79 Å². The van der Waals surface area contributed by atoms with Gasteiger partial charge < -0.3 is 36.8 Å². The lowest BCUT2D eigenvalue weighted by molar-refractivity contribution is -0.146. The Balaban J connectivity index is 2.08. The number of nitrogens with zero attached hydrogens (tertiary/aromatic N) is 1. The van der Waals surface area contributed by atoms with E-state index < -0.39 is 72.6 Å². The van der Waals surface area contributed by atoms with Crippen molar-refractivity contribution in [1.29, 1.82) is 0 Å². The Kier molecular flexibility index (Phi) is 8.93. The van der Waals surface area contributed by atoms with Crippen LogP contribution in [0.1, 0.15) is 44.9 Å². The lowest BCUT2D eigenvalue weighted by Gasteiger charge is -2.29. The average Bonchev–Trinajstić information content (AvgIpc) is 3.41. The molecular weight excluding hydrogens is 426 g/mol. The van der Waals surface area contributed by atoms with E-state index in [1.165, 1.54) is 4.90 Å². The van der Waals surface area contributed by atoms with Gasteiger partial charge in [-0.3, -0.25) is 24.0 Å². The lowest BCUT2D eigenvalue weighted by atomic mass is 10.1. The summed E-state index contributed by atoms with van der Waals surface area (Å²) in [5, 5.41) is 25.8. The third kappa shape index (κ3) is 6.90. The van der Waals surface area contributed by atoms with E-state index in [1.54, 1.807) is 0 Å². The van der Waals surface area contributed by atoms with Gasteiger partial charge in [-0.2, -0.15) is 0 Å². The second-order valence-corrected chi connectivity index (χ2v) is 7.90. The molecule has 2 aliphatic rings. The van der Waals surface area contributed by atoms with Crippen LogP contribution in [0.3, 0.4) is 0 Å². The van der Waals surface area contributed by atoms with Crippen molar-refractivity contribution in [2.75, 3.05) is 13.1 Å². The maximum atomic E-state index is 13.1. The molecule has 0 aromatic heterocycles. The van der Waals surface area contributed by atoms with Gasteiger partial charge in [-0.05, 0) is 38.6 Å². The maximum Gasteiger partial charge on any atom is 0.326 e. The van der Waals surface area contributed by atoms with Crippen molar-refractivity contribution in [2.24, 2.45) is 5.73 Å². The quantitative estimate of drug-likeness (QED) is 0.195. The van der Waals surface area contributed by atoms with E-state index in [-0.39, 0.29) is 19.4 Å². The molecule has 4 amide bonds. The van der Waals surface area contributed by atoms with Crippen LogP contribution in [0, 0.1) is 0 Å². The zero-order valence-electron chi connectivity index (χ0n) is 17.5. The SMILES string of the molecule is NC(=O)CC(NC(=O)C1CCCN1)C(=O)N1CCCC1C(=O)NC(CCC(=O)O)C(=O)O. The van der Waals surface area contributed by atoms with Crippen molar-refractivity contribution in [3.05, 3.63) is 0 Å². The highest BCUT2D eigenvalue weighted by Crippen LogP contribution is 2.20. The van der Waals surface area contributed by atoms with Crippen LogP contribution in [0.5, 0.6) is 0 Å². The zero-order valence-corrected chi connectivity index (χ0v) is 17.5. The van der Waals surface area contributed by atoms with E-state index >= 15 is 0 Å². The molecule has 2 rings (SSSR count). The molecule has 13 heteroatoms. The Hall–Kier alpha value is -3.22. The van der Waals surface area contributed by atoms with Crippen LogP contribution in [0.25, 0.3) is 0 Å². The van der Waals surface area contributed by atoms with E-state index in [0.717, 1.165) is 6.42 Å². The fourth-order valence-electron chi connectivity index (χ4n) is 3.88. The normalized spacial score (nSPS) is 22.1. The molecule has 0 bridgehead atoms. The van der Waals surface area contributed by atoms with Gasteiger partial charge >= 0.3 is 11.9 Å². The van der Waals surface area contributed by atoms with Gasteiger partial charge in [-0.1, -0.05) is 0 Å². The molecule has 0 aromatic carbocycles. The summed E-state index contributed by atoms with van der Waals surface area (Å²) in [6.45, 7) is 0.837. The number of nitrogens with one attached hydrogen (secondary N) is 3. The standard InChI is InChI=1S/C19H29N5O8/c20-14(25)9-12(23-16(28)10-3-1-7-21-10)18(30)24-8-2-4-13(24)17(29)22-11(19(31)32)5-6-15(26)27/h10-13,21H,1-9H2,(H2,20,25)(H,22,29)(H,23,28)(H,26,27)(H,31,32). The number of amides is 4. The number of carboxylic acid groups (broad SMARTS) is 2. The van der Waals surface area contributed by atoms with E-state index in [0.29, 0.717) is 19.4 Å². The molecule has 0 radical (unpaired) electrons. The number of carbonyl (C=O) groups is 6. The molecule has 7 N–H and O–H groups in total. The third-order valence-corrected chi connectivity index (χ3v) is 5.50. The van der Waals surface area contributed by atoms with Crippen molar-refractivity contribution in [2.45, 2.75) is 69.1 Å². The molecule has 32 heavy (non-hydrogen) atoms. The molecule has 0 spiro atoms. The number of primary amides is 1. The monoisotopic (exact) mass is 455 g/mol. The molecular formula is C19H29N5O8. The van der Waals surface area contributed by atoms with Crippen LogP contribution < -0.4 is 21.7 Å². The number of hydrogen-bond donors (Lipinski definition) is 6. The molecule has 0 aliphatic carbocycles. The van der Waals surface area contributed by atoms with Crippen LogP contribution in [0.2, 0.25) is 0 Å². The predicted octanol–water partition coefficient (Wildman–Crippen LogP) is -2.48. The summed E-state index contributed by atoms with van der Waals surface area (Å²) in [5.41, 5.74) is 5.24. The Morgan fingerprint density at radius 1 is 1.00 bits per heavy atom. The zero-order chi connectivity index (χ0) is 23.8. The number of rotatable bonds is 11. The van der Waals surface area contributed by atoms with Gasteiger partial charge in [0.1, 0.15) is 18.1 Å². The first-order valence-corrected chi connectivity index (χ1v) is 10.5. The first-order chi connectivity index (χ1) is 15.1. The summed E-state index contributed by atoms with van der Waals surface area (Å²) in [5.74, 6) is -5.24. The lowest BCUT2D eigenvalue weighted by Crippen LogP contribution is -2.57. The van der Waals surface area contributed by atoms with E-state index in [9.17, 15) is 33.9 Å². The highest BCUT2D eigenvalue weighted by atomic mass is 16.4. The maximum absolute atomic E-state index is 13.1. The number of hydrogen-bond acceptors (Lipinski definition) is 7. The average molecular weight is 455 g/mol.